The lowest BCUT2D eigenvalue weighted by Crippen LogP contribution is -2.53. The standard InChI is InChI=1S/C30H33BrN2O4/c1-36-27-13-7-8-14-28(27)37-21-29(34)33(20-23-15-17-24(31)18-16-23)26(19-22-9-3-2-4-10-22)30(35)32-25-11-5-6-12-25/h2-4,7-10,13-18,25-26H,5-6,11-12,19-21H2,1H3,(H,32,35)/t26-/m1/s1. The van der Waals surface area contributed by atoms with Gasteiger partial charge in [0.25, 0.3) is 5.91 Å². The first kappa shape index (κ1) is 26.7. The Morgan fingerprint density at radius 1 is 0.919 bits per heavy atom. The molecular weight excluding hydrogens is 532 g/mol. The predicted octanol–water partition coefficient (Wildman–Crippen LogP) is 5.54. The van der Waals surface area contributed by atoms with Gasteiger partial charge in [-0.3, -0.25) is 9.59 Å². The molecule has 3 aromatic rings. The van der Waals surface area contributed by atoms with Crippen molar-refractivity contribution >= 4 is 27.7 Å². The number of methoxy groups -OCH3 is 1. The van der Waals surface area contributed by atoms with Crippen LogP contribution in [0.5, 0.6) is 11.5 Å². The fourth-order valence-corrected chi connectivity index (χ4v) is 4.93. The van der Waals surface area contributed by atoms with Crippen molar-refractivity contribution in [3.63, 3.8) is 0 Å². The zero-order valence-corrected chi connectivity index (χ0v) is 22.7. The second kappa shape index (κ2) is 13.3. The van der Waals surface area contributed by atoms with Gasteiger partial charge >= 0.3 is 0 Å². The summed E-state index contributed by atoms with van der Waals surface area (Å²) >= 11 is 3.47. The van der Waals surface area contributed by atoms with Crippen LogP contribution in [-0.2, 0) is 22.6 Å². The summed E-state index contributed by atoms with van der Waals surface area (Å²) in [4.78, 5) is 29.1. The van der Waals surface area contributed by atoms with E-state index in [1.807, 2.05) is 66.7 Å². The number of benzene rings is 3. The van der Waals surface area contributed by atoms with Crippen LogP contribution in [0.1, 0.15) is 36.8 Å². The molecule has 0 aliphatic heterocycles. The van der Waals surface area contributed by atoms with Gasteiger partial charge in [-0.25, -0.2) is 0 Å². The quantitative estimate of drug-likeness (QED) is 0.332. The SMILES string of the molecule is COc1ccccc1OCC(=O)N(Cc1ccc(Br)cc1)[C@H](Cc1ccccc1)C(=O)NC1CCCC1. The number of hydrogen-bond acceptors (Lipinski definition) is 4. The smallest absolute Gasteiger partial charge is 0.261 e. The first-order chi connectivity index (χ1) is 18.0. The van der Waals surface area contributed by atoms with Crippen LogP contribution in [0.25, 0.3) is 0 Å². The van der Waals surface area contributed by atoms with Gasteiger partial charge in [-0.1, -0.05) is 83.4 Å². The number of carbonyl (C=O) groups excluding carboxylic acids is 2. The van der Waals surface area contributed by atoms with E-state index in [0.717, 1.165) is 41.3 Å². The van der Waals surface area contributed by atoms with Gasteiger partial charge in [0.1, 0.15) is 6.04 Å². The molecule has 0 radical (unpaired) electrons. The summed E-state index contributed by atoms with van der Waals surface area (Å²) in [5, 5.41) is 3.22. The third-order valence-electron chi connectivity index (χ3n) is 6.66. The molecule has 1 fully saturated rings. The second-order valence-corrected chi connectivity index (χ2v) is 10.2. The molecule has 1 aliphatic carbocycles. The van der Waals surface area contributed by atoms with Crippen LogP contribution >= 0.6 is 15.9 Å². The van der Waals surface area contributed by atoms with Gasteiger partial charge in [-0.15, -0.1) is 0 Å². The third kappa shape index (κ3) is 7.59. The van der Waals surface area contributed by atoms with Crippen LogP contribution in [0.4, 0.5) is 0 Å². The highest BCUT2D eigenvalue weighted by molar-refractivity contribution is 9.10. The lowest BCUT2D eigenvalue weighted by molar-refractivity contribution is -0.143. The largest absolute Gasteiger partial charge is 0.493 e. The van der Waals surface area contributed by atoms with Gasteiger partial charge in [0.15, 0.2) is 18.1 Å². The maximum absolute atomic E-state index is 13.7. The maximum atomic E-state index is 13.7. The van der Waals surface area contributed by atoms with E-state index >= 15 is 0 Å². The summed E-state index contributed by atoms with van der Waals surface area (Å²) in [6.45, 7) is 0.0793. The van der Waals surface area contributed by atoms with Crippen molar-refractivity contribution in [2.24, 2.45) is 0 Å². The normalized spacial score (nSPS) is 14.1. The van der Waals surface area contributed by atoms with Gasteiger partial charge < -0.3 is 19.7 Å². The van der Waals surface area contributed by atoms with Crippen LogP contribution in [0.3, 0.4) is 0 Å². The minimum absolute atomic E-state index is 0.126. The Balaban J connectivity index is 1.61. The van der Waals surface area contributed by atoms with E-state index in [9.17, 15) is 9.59 Å². The van der Waals surface area contributed by atoms with Crippen molar-refractivity contribution in [1.82, 2.24) is 10.2 Å². The van der Waals surface area contributed by atoms with Crippen LogP contribution in [0, 0.1) is 0 Å². The number of ether oxygens (including phenoxy) is 2. The first-order valence-corrected chi connectivity index (χ1v) is 13.5. The third-order valence-corrected chi connectivity index (χ3v) is 7.19. The molecule has 1 saturated carbocycles. The Kier molecular flexibility index (Phi) is 9.60. The Labute approximate surface area is 227 Å². The van der Waals surface area contributed by atoms with Crippen molar-refractivity contribution in [1.29, 1.82) is 0 Å². The van der Waals surface area contributed by atoms with Gasteiger partial charge in [0.2, 0.25) is 5.91 Å². The van der Waals surface area contributed by atoms with Crippen LogP contribution in [-0.4, -0.2) is 42.5 Å². The molecule has 0 heterocycles. The maximum Gasteiger partial charge on any atom is 0.261 e. The molecule has 1 atom stereocenters. The average Bonchev–Trinajstić information content (AvgIpc) is 3.44. The monoisotopic (exact) mass is 564 g/mol. The molecule has 4 rings (SSSR count). The number of amides is 2. The second-order valence-electron chi connectivity index (χ2n) is 9.28. The molecule has 194 valence electrons. The Morgan fingerprint density at radius 2 is 1.57 bits per heavy atom. The highest BCUT2D eigenvalue weighted by atomic mass is 79.9. The summed E-state index contributed by atoms with van der Waals surface area (Å²) in [5.74, 6) is 0.640. The highest BCUT2D eigenvalue weighted by Crippen LogP contribution is 2.26. The Morgan fingerprint density at radius 3 is 2.24 bits per heavy atom. The molecule has 0 spiro atoms. The number of rotatable bonds is 11. The fourth-order valence-electron chi connectivity index (χ4n) is 4.67. The first-order valence-electron chi connectivity index (χ1n) is 12.7. The van der Waals surface area contributed by atoms with E-state index in [4.69, 9.17) is 9.47 Å². The van der Waals surface area contributed by atoms with E-state index in [1.54, 1.807) is 24.1 Å². The summed E-state index contributed by atoms with van der Waals surface area (Å²) in [6.07, 6.45) is 4.59. The number of carbonyl (C=O) groups is 2. The highest BCUT2D eigenvalue weighted by Gasteiger charge is 2.32. The number of para-hydroxylation sites is 2. The lowest BCUT2D eigenvalue weighted by Gasteiger charge is -2.32. The molecule has 7 heteroatoms. The summed E-state index contributed by atoms with van der Waals surface area (Å²) in [6, 6.07) is 24.3. The molecule has 0 saturated heterocycles. The molecule has 6 nitrogen and oxygen atoms in total. The van der Waals surface area contributed by atoms with Crippen LogP contribution in [0.2, 0.25) is 0 Å². The number of nitrogens with one attached hydrogen (secondary N) is 1. The van der Waals surface area contributed by atoms with E-state index in [0.29, 0.717) is 17.9 Å². The number of halogens is 1. The fraction of sp³-hybridized carbons (Fsp3) is 0.333. The molecule has 0 bridgehead atoms. The van der Waals surface area contributed by atoms with E-state index in [2.05, 4.69) is 21.2 Å². The number of nitrogens with zero attached hydrogens (tertiary/aromatic N) is 1. The van der Waals surface area contributed by atoms with Gasteiger partial charge in [-0.2, -0.15) is 0 Å². The predicted molar refractivity (Wildman–Crippen MR) is 148 cm³/mol. The summed E-state index contributed by atoms with van der Waals surface area (Å²) in [5.41, 5.74) is 1.92. The molecule has 0 aromatic heterocycles. The Hall–Kier alpha value is -3.32. The van der Waals surface area contributed by atoms with Gasteiger partial charge in [0, 0.05) is 23.5 Å². The van der Waals surface area contributed by atoms with Crippen LogP contribution < -0.4 is 14.8 Å². The average molecular weight is 566 g/mol. The lowest BCUT2D eigenvalue weighted by atomic mass is 10.0. The number of hydrogen-bond donors (Lipinski definition) is 1. The van der Waals surface area contributed by atoms with E-state index < -0.39 is 6.04 Å². The van der Waals surface area contributed by atoms with Crippen LogP contribution in [0.15, 0.2) is 83.3 Å². The topological polar surface area (TPSA) is 67.9 Å². The van der Waals surface area contributed by atoms with Crippen molar-refractivity contribution in [3.8, 4) is 11.5 Å². The zero-order valence-electron chi connectivity index (χ0n) is 21.1. The molecule has 3 aromatic carbocycles. The minimum atomic E-state index is -0.680. The Bertz CT molecular complexity index is 1160. The summed E-state index contributed by atoms with van der Waals surface area (Å²) < 4.78 is 12.2. The zero-order chi connectivity index (χ0) is 26.0. The molecule has 2 amide bonds. The van der Waals surface area contributed by atoms with Gasteiger partial charge in [-0.05, 0) is 48.2 Å². The van der Waals surface area contributed by atoms with E-state index in [1.165, 1.54) is 0 Å². The molecule has 1 aliphatic rings. The van der Waals surface area contributed by atoms with Crippen molar-refractivity contribution in [3.05, 3.63) is 94.5 Å². The molecule has 37 heavy (non-hydrogen) atoms. The molecule has 0 unspecified atom stereocenters. The minimum Gasteiger partial charge on any atom is -0.493 e. The van der Waals surface area contributed by atoms with Crippen molar-refractivity contribution < 1.29 is 19.1 Å². The van der Waals surface area contributed by atoms with Crippen molar-refractivity contribution in [2.45, 2.75) is 50.7 Å². The van der Waals surface area contributed by atoms with Crippen molar-refractivity contribution in [2.75, 3.05) is 13.7 Å². The summed E-state index contributed by atoms with van der Waals surface area (Å²) in [7, 11) is 1.56. The molecule has 1 N–H and O–H groups in total. The molecular formula is C30H33BrN2O4. The van der Waals surface area contributed by atoms with Gasteiger partial charge in [0.05, 0.1) is 7.11 Å². The van der Waals surface area contributed by atoms with E-state index in [-0.39, 0.29) is 31.0 Å².